The van der Waals surface area contributed by atoms with E-state index in [1.165, 1.54) is 0 Å². The zero-order valence-corrected chi connectivity index (χ0v) is 10.5. The van der Waals surface area contributed by atoms with Crippen molar-refractivity contribution >= 4 is 12.4 Å². The van der Waals surface area contributed by atoms with Gasteiger partial charge in [-0.1, -0.05) is 25.9 Å². The van der Waals surface area contributed by atoms with Crippen molar-refractivity contribution in [3.05, 3.63) is 11.7 Å². The van der Waals surface area contributed by atoms with Crippen molar-refractivity contribution in [2.24, 2.45) is 0 Å². The van der Waals surface area contributed by atoms with Crippen molar-refractivity contribution in [1.82, 2.24) is 15.5 Å². The molecule has 0 spiro atoms. The van der Waals surface area contributed by atoms with Gasteiger partial charge in [-0.25, -0.2) is 4.39 Å². The Morgan fingerprint density at radius 1 is 1.44 bits per heavy atom. The minimum atomic E-state index is -0.806. The molecule has 92 valence electrons. The van der Waals surface area contributed by atoms with Crippen molar-refractivity contribution in [3.63, 3.8) is 0 Å². The third kappa shape index (κ3) is 2.71. The van der Waals surface area contributed by atoms with Gasteiger partial charge < -0.3 is 9.84 Å². The molecule has 1 aliphatic rings. The molecule has 1 N–H and O–H groups in total. The summed E-state index contributed by atoms with van der Waals surface area (Å²) >= 11 is 0. The number of nitrogens with zero attached hydrogens (tertiary/aromatic N) is 2. The fraction of sp³-hybridized carbons (Fsp3) is 0.800. The van der Waals surface area contributed by atoms with Gasteiger partial charge in [-0.2, -0.15) is 4.98 Å². The maximum Gasteiger partial charge on any atom is 0.243 e. The number of hydrogen-bond acceptors (Lipinski definition) is 4. The first-order valence-electron chi connectivity index (χ1n) is 5.18. The number of alkyl halides is 1. The Bertz CT molecular complexity index is 350. The van der Waals surface area contributed by atoms with E-state index in [1.807, 2.05) is 20.8 Å². The van der Waals surface area contributed by atoms with Gasteiger partial charge in [0.25, 0.3) is 0 Å². The van der Waals surface area contributed by atoms with Crippen LogP contribution in [0.4, 0.5) is 4.39 Å². The molecular weight excluding hydrogens is 233 g/mol. The van der Waals surface area contributed by atoms with Gasteiger partial charge in [0.2, 0.25) is 5.89 Å². The highest BCUT2D eigenvalue weighted by Gasteiger charge is 2.30. The summed E-state index contributed by atoms with van der Waals surface area (Å²) in [7, 11) is 0. The Balaban J connectivity index is 0.00000128. The van der Waals surface area contributed by atoms with Gasteiger partial charge in [0.15, 0.2) is 5.82 Å². The molecule has 4 nitrogen and oxygen atoms in total. The highest BCUT2D eigenvalue weighted by Crippen LogP contribution is 2.26. The predicted octanol–water partition coefficient (Wildman–Crippen LogP) is 2.16. The largest absolute Gasteiger partial charge is 0.338 e. The molecule has 2 rings (SSSR count). The summed E-state index contributed by atoms with van der Waals surface area (Å²) in [5, 5.41) is 6.92. The molecule has 2 heterocycles. The highest BCUT2D eigenvalue weighted by atomic mass is 35.5. The van der Waals surface area contributed by atoms with E-state index in [1.54, 1.807) is 0 Å². The molecule has 2 unspecified atom stereocenters. The van der Waals surface area contributed by atoms with E-state index in [0.717, 1.165) is 0 Å². The van der Waals surface area contributed by atoms with Crippen LogP contribution in [-0.2, 0) is 5.41 Å². The lowest BCUT2D eigenvalue weighted by Crippen LogP contribution is -2.16. The van der Waals surface area contributed by atoms with Crippen LogP contribution in [0, 0.1) is 0 Å². The second-order valence-electron chi connectivity index (χ2n) is 5.00. The molecule has 0 aliphatic carbocycles. The predicted molar refractivity (Wildman–Crippen MR) is 60.5 cm³/mol. The van der Waals surface area contributed by atoms with Crippen LogP contribution in [0.2, 0.25) is 0 Å². The van der Waals surface area contributed by atoms with Crippen LogP contribution < -0.4 is 5.32 Å². The molecule has 1 saturated heterocycles. The van der Waals surface area contributed by atoms with Gasteiger partial charge >= 0.3 is 0 Å². The smallest absolute Gasteiger partial charge is 0.243 e. The van der Waals surface area contributed by atoms with E-state index in [2.05, 4.69) is 15.5 Å². The van der Waals surface area contributed by atoms with Gasteiger partial charge in [-0.05, 0) is 0 Å². The first-order chi connectivity index (χ1) is 6.97. The van der Waals surface area contributed by atoms with Gasteiger partial charge in [-0.15, -0.1) is 12.4 Å². The van der Waals surface area contributed by atoms with Gasteiger partial charge in [-0.3, -0.25) is 0 Å². The van der Waals surface area contributed by atoms with E-state index in [-0.39, 0.29) is 23.9 Å². The maximum absolute atomic E-state index is 12.9. The molecule has 1 aliphatic heterocycles. The van der Waals surface area contributed by atoms with Crippen LogP contribution in [0.3, 0.4) is 0 Å². The summed E-state index contributed by atoms with van der Waals surface area (Å²) < 4.78 is 18.1. The van der Waals surface area contributed by atoms with E-state index >= 15 is 0 Å². The van der Waals surface area contributed by atoms with Crippen molar-refractivity contribution in [2.45, 2.75) is 44.8 Å². The third-order valence-corrected chi connectivity index (χ3v) is 2.49. The van der Waals surface area contributed by atoms with Crippen molar-refractivity contribution < 1.29 is 8.91 Å². The topological polar surface area (TPSA) is 51.0 Å². The molecule has 2 atom stereocenters. The van der Waals surface area contributed by atoms with Crippen LogP contribution in [0.1, 0.15) is 44.9 Å². The Kier molecular flexibility index (Phi) is 3.91. The summed E-state index contributed by atoms with van der Waals surface area (Å²) in [6, 6.07) is -0.122. The second kappa shape index (κ2) is 4.67. The Morgan fingerprint density at radius 3 is 2.56 bits per heavy atom. The Labute approximate surface area is 100 Å². The molecule has 0 saturated carbocycles. The fourth-order valence-corrected chi connectivity index (χ4v) is 1.56. The van der Waals surface area contributed by atoms with Crippen LogP contribution in [0.25, 0.3) is 0 Å². The lowest BCUT2D eigenvalue weighted by Gasteiger charge is -2.11. The van der Waals surface area contributed by atoms with Crippen LogP contribution in [0.5, 0.6) is 0 Å². The molecule has 0 aromatic carbocycles. The van der Waals surface area contributed by atoms with Crippen LogP contribution in [-0.4, -0.2) is 22.9 Å². The van der Waals surface area contributed by atoms with Crippen molar-refractivity contribution in [1.29, 1.82) is 0 Å². The number of rotatable bonds is 1. The summed E-state index contributed by atoms with van der Waals surface area (Å²) in [5.74, 6) is 1.17. The molecule has 6 heteroatoms. The average molecular weight is 250 g/mol. The normalized spacial score (nSPS) is 25.5. The molecular formula is C10H17ClFN3O. The summed E-state index contributed by atoms with van der Waals surface area (Å²) in [6.45, 7) is 6.42. The number of hydrogen-bond donors (Lipinski definition) is 1. The van der Waals surface area contributed by atoms with E-state index in [0.29, 0.717) is 24.7 Å². The minimum Gasteiger partial charge on any atom is -0.338 e. The monoisotopic (exact) mass is 249 g/mol. The first kappa shape index (κ1) is 13.4. The quantitative estimate of drug-likeness (QED) is 0.829. The molecule has 0 amide bonds. The SMILES string of the molecule is CC(C)(C)c1noc(C2CC(F)CN2)n1.Cl. The molecule has 16 heavy (non-hydrogen) atoms. The minimum absolute atomic E-state index is 0. The molecule has 1 aromatic rings. The first-order valence-corrected chi connectivity index (χ1v) is 5.18. The molecule has 0 bridgehead atoms. The summed E-state index contributed by atoms with van der Waals surface area (Å²) in [5.41, 5.74) is -0.129. The molecule has 1 fully saturated rings. The van der Waals surface area contributed by atoms with Crippen LogP contribution in [0.15, 0.2) is 4.52 Å². The van der Waals surface area contributed by atoms with Gasteiger partial charge in [0.05, 0.1) is 6.04 Å². The Hall–Kier alpha value is -0.680. The number of aromatic nitrogens is 2. The zero-order valence-electron chi connectivity index (χ0n) is 9.66. The van der Waals surface area contributed by atoms with Crippen molar-refractivity contribution in [2.75, 3.05) is 6.54 Å². The third-order valence-electron chi connectivity index (χ3n) is 2.49. The lowest BCUT2D eigenvalue weighted by atomic mass is 9.96. The van der Waals surface area contributed by atoms with Crippen molar-refractivity contribution in [3.8, 4) is 0 Å². The van der Waals surface area contributed by atoms with Crippen LogP contribution >= 0.6 is 12.4 Å². The Morgan fingerprint density at radius 2 is 2.12 bits per heavy atom. The van der Waals surface area contributed by atoms with E-state index in [4.69, 9.17) is 4.52 Å². The summed E-state index contributed by atoms with van der Waals surface area (Å²) in [6.07, 6.45) is -0.383. The van der Waals surface area contributed by atoms with E-state index in [9.17, 15) is 4.39 Å². The zero-order chi connectivity index (χ0) is 11.1. The lowest BCUT2D eigenvalue weighted by molar-refractivity contribution is 0.319. The number of nitrogens with one attached hydrogen (secondary N) is 1. The standard InChI is InChI=1S/C10H16FN3O.ClH/c1-10(2,3)9-13-8(15-14-9)7-4-6(11)5-12-7;/h6-7,12H,4-5H2,1-3H3;1H. The van der Waals surface area contributed by atoms with Gasteiger partial charge in [0.1, 0.15) is 6.17 Å². The van der Waals surface area contributed by atoms with E-state index < -0.39 is 6.17 Å². The maximum atomic E-state index is 12.9. The summed E-state index contributed by atoms with van der Waals surface area (Å²) in [4.78, 5) is 4.29. The molecule has 1 aromatic heterocycles. The second-order valence-corrected chi connectivity index (χ2v) is 5.00. The average Bonchev–Trinajstić information content (AvgIpc) is 2.69. The fourth-order valence-electron chi connectivity index (χ4n) is 1.56. The molecule has 0 radical (unpaired) electrons. The number of halogens is 2. The van der Waals surface area contributed by atoms with Gasteiger partial charge in [0, 0.05) is 18.4 Å². The highest BCUT2D eigenvalue weighted by molar-refractivity contribution is 5.85.